The maximum Gasteiger partial charge on any atom is 0.255 e. The molecule has 3 aromatic rings. The van der Waals surface area contributed by atoms with Crippen LogP contribution in [0.4, 0.5) is 31.8 Å². The van der Waals surface area contributed by atoms with E-state index in [-0.39, 0.29) is 34.0 Å². The number of anilines is 4. The summed E-state index contributed by atoms with van der Waals surface area (Å²) in [5.74, 6) is -2.16. The van der Waals surface area contributed by atoms with E-state index in [1.165, 1.54) is 44.4 Å². The lowest BCUT2D eigenvalue weighted by Crippen LogP contribution is -2.42. The van der Waals surface area contributed by atoms with Gasteiger partial charge in [0.2, 0.25) is 5.91 Å². The molecule has 0 bridgehead atoms. The number of rotatable bonds is 9. The number of nitrogens with two attached hydrogens (primary N) is 1. The van der Waals surface area contributed by atoms with Crippen LogP contribution in [-0.4, -0.2) is 45.2 Å². The highest BCUT2D eigenvalue weighted by molar-refractivity contribution is 6.00. The van der Waals surface area contributed by atoms with E-state index in [2.05, 4.69) is 25.9 Å². The fourth-order valence-corrected chi connectivity index (χ4v) is 2.92. The van der Waals surface area contributed by atoms with Crippen LogP contribution in [0.2, 0.25) is 0 Å². The predicted molar refractivity (Wildman–Crippen MR) is 128 cm³/mol. The lowest BCUT2D eigenvalue weighted by molar-refractivity contribution is -0.00177. The number of nitrogens with one attached hydrogen (secondary N) is 3. The summed E-state index contributed by atoms with van der Waals surface area (Å²) in [6.07, 6.45) is 0.651. The van der Waals surface area contributed by atoms with Gasteiger partial charge in [0.1, 0.15) is 18.1 Å². The Morgan fingerprint density at radius 3 is 2.44 bits per heavy atom. The van der Waals surface area contributed by atoms with Crippen molar-refractivity contribution in [3.05, 3.63) is 71.3 Å². The number of carbonyl (C=O) groups excluding carboxylic acids is 2. The number of alkyl halides is 1. The molecule has 3 rings (SSSR count). The zero-order valence-corrected chi connectivity index (χ0v) is 19.3. The van der Waals surface area contributed by atoms with Gasteiger partial charge in [-0.05, 0) is 44.2 Å². The maximum absolute atomic E-state index is 14.3. The lowest BCUT2D eigenvalue weighted by atomic mass is 10.0. The van der Waals surface area contributed by atoms with Gasteiger partial charge in [-0.3, -0.25) is 9.59 Å². The Morgan fingerprint density at radius 2 is 1.86 bits per heavy atom. The molecule has 0 fully saturated rings. The van der Waals surface area contributed by atoms with Crippen molar-refractivity contribution in [2.24, 2.45) is 5.73 Å². The number of pyridine rings is 2. The minimum absolute atomic E-state index is 0.0238. The third-order valence-corrected chi connectivity index (χ3v) is 5.02. The summed E-state index contributed by atoms with van der Waals surface area (Å²) >= 11 is 0. The number of halogens is 2. The van der Waals surface area contributed by atoms with E-state index in [4.69, 9.17) is 11.0 Å². The lowest BCUT2D eigenvalue weighted by Gasteiger charge is -2.22. The van der Waals surface area contributed by atoms with Crippen molar-refractivity contribution < 1.29 is 23.5 Å². The summed E-state index contributed by atoms with van der Waals surface area (Å²) in [5, 5.41) is 26.7. The van der Waals surface area contributed by atoms with Gasteiger partial charge in [-0.25, -0.2) is 18.7 Å². The highest BCUT2D eigenvalue weighted by Crippen LogP contribution is 2.26. The summed E-state index contributed by atoms with van der Waals surface area (Å²) in [6.45, 7) is 2.12. The predicted octanol–water partition coefficient (Wildman–Crippen LogP) is 2.91. The third kappa shape index (κ3) is 6.49. The molecule has 10 nitrogen and oxygen atoms in total. The van der Waals surface area contributed by atoms with E-state index in [0.717, 1.165) is 6.07 Å². The second-order valence-electron chi connectivity index (χ2n) is 8.30. The van der Waals surface area contributed by atoms with Crippen molar-refractivity contribution in [3.8, 4) is 6.07 Å². The van der Waals surface area contributed by atoms with Crippen LogP contribution < -0.4 is 21.7 Å². The van der Waals surface area contributed by atoms with Gasteiger partial charge in [0.15, 0.2) is 11.6 Å². The average molecular weight is 495 g/mol. The number of hydrogen-bond donors (Lipinski definition) is 5. The van der Waals surface area contributed by atoms with Crippen LogP contribution in [0, 0.1) is 17.1 Å². The molecular weight excluding hydrogens is 472 g/mol. The van der Waals surface area contributed by atoms with E-state index >= 15 is 0 Å². The molecule has 0 spiro atoms. The zero-order valence-electron chi connectivity index (χ0n) is 19.3. The largest absolute Gasteiger partial charge is 0.387 e. The van der Waals surface area contributed by atoms with E-state index < -0.39 is 35.9 Å². The molecule has 0 saturated heterocycles. The second kappa shape index (κ2) is 10.7. The number of aliphatic hydroxyl groups is 1. The maximum atomic E-state index is 14.3. The second-order valence-corrected chi connectivity index (χ2v) is 8.30. The van der Waals surface area contributed by atoms with Gasteiger partial charge in [-0.1, -0.05) is 0 Å². The quantitative estimate of drug-likeness (QED) is 0.302. The molecule has 1 unspecified atom stereocenters. The van der Waals surface area contributed by atoms with E-state index in [1.54, 1.807) is 18.2 Å². The Balaban J connectivity index is 1.91. The fourth-order valence-electron chi connectivity index (χ4n) is 2.92. The molecule has 0 aliphatic heterocycles. The molecule has 2 aromatic heterocycles. The van der Waals surface area contributed by atoms with Crippen molar-refractivity contribution in [1.29, 1.82) is 5.26 Å². The Kier molecular flexibility index (Phi) is 7.76. The van der Waals surface area contributed by atoms with Crippen molar-refractivity contribution in [2.75, 3.05) is 17.2 Å². The van der Waals surface area contributed by atoms with Crippen LogP contribution in [0.5, 0.6) is 0 Å². The number of nitrogens with zero attached hydrogens (tertiary/aromatic N) is 3. The summed E-state index contributed by atoms with van der Waals surface area (Å²) in [7, 11) is 0. The van der Waals surface area contributed by atoms with E-state index in [0.29, 0.717) is 5.69 Å². The number of carbonyl (C=O) groups is 2. The Bertz CT molecular complexity index is 1320. The van der Waals surface area contributed by atoms with Crippen LogP contribution in [0.1, 0.15) is 40.1 Å². The van der Waals surface area contributed by atoms with E-state index in [9.17, 15) is 23.5 Å². The highest BCUT2D eigenvalue weighted by atomic mass is 19.1. The third-order valence-electron chi connectivity index (χ3n) is 5.02. The Morgan fingerprint density at radius 1 is 1.17 bits per heavy atom. The first-order valence-electron chi connectivity index (χ1n) is 10.6. The zero-order chi connectivity index (χ0) is 26.5. The molecule has 2 heterocycles. The van der Waals surface area contributed by atoms with Crippen LogP contribution in [-0.2, 0) is 0 Å². The molecular formula is C24H23F2N7O3. The van der Waals surface area contributed by atoms with Gasteiger partial charge < -0.3 is 26.8 Å². The summed E-state index contributed by atoms with van der Waals surface area (Å²) in [4.78, 5) is 32.1. The molecule has 0 aliphatic carbocycles. The monoisotopic (exact) mass is 495 g/mol. The first-order chi connectivity index (χ1) is 17.0. The van der Waals surface area contributed by atoms with E-state index in [1.807, 2.05) is 0 Å². The van der Waals surface area contributed by atoms with Crippen molar-refractivity contribution in [1.82, 2.24) is 15.3 Å². The van der Waals surface area contributed by atoms with Gasteiger partial charge in [-0.15, -0.1) is 0 Å². The Hall–Kier alpha value is -4.63. The van der Waals surface area contributed by atoms with Crippen LogP contribution in [0.3, 0.4) is 0 Å². The minimum atomic E-state index is -1.72. The molecule has 0 aliphatic rings. The van der Waals surface area contributed by atoms with Gasteiger partial charge in [-0.2, -0.15) is 5.26 Å². The molecule has 2 amide bonds. The number of hydrogen-bond acceptors (Lipinski definition) is 8. The van der Waals surface area contributed by atoms with Gasteiger partial charge in [0.25, 0.3) is 5.91 Å². The minimum Gasteiger partial charge on any atom is -0.387 e. The SMILES string of the molecule is CC(C)(O)C(F)CNC(=O)c1cnc(Nc2ncc(C#N)cc2F)cc1Nc1ccc(C(N)=O)cc1. The number of nitriles is 1. The van der Waals surface area contributed by atoms with Crippen molar-refractivity contribution in [2.45, 2.75) is 25.6 Å². The van der Waals surface area contributed by atoms with Gasteiger partial charge in [0, 0.05) is 29.7 Å². The number of benzene rings is 1. The Labute approximate surface area is 205 Å². The van der Waals surface area contributed by atoms with Crippen LogP contribution >= 0.6 is 0 Å². The smallest absolute Gasteiger partial charge is 0.255 e. The van der Waals surface area contributed by atoms with Gasteiger partial charge in [0.05, 0.1) is 29.0 Å². The van der Waals surface area contributed by atoms with Crippen LogP contribution in [0.15, 0.2) is 48.8 Å². The molecule has 6 N–H and O–H groups in total. The molecule has 0 radical (unpaired) electrons. The number of aromatic nitrogens is 2. The number of amides is 2. The first-order valence-corrected chi connectivity index (χ1v) is 10.6. The van der Waals surface area contributed by atoms with Gasteiger partial charge >= 0.3 is 0 Å². The normalized spacial score (nSPS) is 11.8. The first kappa shape index (κ1) is 26.0. The summed E-state index contributed by atoms with van der Waals surface area (Å²) in [5.41, 5.74) is 4.64. The fraction of sp³-hybridized carbons (Fsp3) is 0.208. The molecule has 186 valence electrons. The highest BCUT2D eigenvalue weighted by Gasteiger charge is 2.27. The van der Waals surface area contributed by atoms with Crippen LogP contribution in [0.25, 0.3) is 0 Å². The van der Waals surface area contributed by atoms with Crippen molar-refractivity contribution in [3.63, 3.8) is 0 Å². The molecule has 12 heteroatoms. The summed E-state index contributed by atoms with van der Waals surface area (Å²) in [6, 6.07) is 10.3. The van der Waals surface area contributed by atoms with Crippen molar-refractivity contribution >= 4 is 34.8 Å². The molecule has 36 heavy (non-hydrogen) atoms. The molecule has 0 saturated carbocycles. The summed E-state index contributed by atoms with van der Waals surface area (Å²) < 4.78 is 28.4. The topological polar surface area (TPSA) is 166 Å². The number of primary amides is 1. The standard InChI is InChI=1S/C24H23F2N7O3/c1-24(2,36)19(26)12-31-23(35)16-11-29-20(33-22-17(25)7-13(9-27)10-30-22)8-18(16)32-15-5-3-14(4-6-15)21(28)34/h3-8,10-11,19,36H,12H2,1-2H3,(H2,28,34)(H,31,35)(H2,29,30,32,33). The average Bonchev–Trinajstić information content (AvgIpc) is 2.83. The molecule has 1 atom stereocenters. The molecule has 1 aromatic carbocycles.